The van der Waals surface area contributed by atoms with Crippen molar-refractivity contribution in [1.82, 2.24) is 4.90 Å². The molecule has 21 heavy (non-hydrogen) atoms. The Morgan fingerprint density at radius 3 is 2.86 bits per heavy atom. The number of anilines is 1. The number of carbonyl (C=O) groups excluding carboxylic acids is 1. The fraction of sp³-hybridized carbons (Fsp3) is 0.400. The Morgan fingerprint density at radius 1 is 1.38 bits per heavy atom. The molecule has 0 radical (unpaired) electrons. The predicted octanol–water partition coefficient (Wildman–Crippen LogP) is 1.44. The Hall–Kier alpha value is -2.39. The fourth-order valence-corrected chi connectivity index (χ4v) is 2.52. The van der Waals surface area contributed by atoms with Gasteiger partial charge in [-0.15, -0.1) is 0 Å². The van der Waals surface area contributed by atoms with Gasteiger partial charge in [-0.2, -0.15) is 5.26 Å². The van der Waals surface area contributed by atoms with Crippen LogP contribution >= 0.6 is 0 Å². The molecule has 1 aromatic carbocycles. The van der Waals surface area contributed by atoms with Gasteiger partial charge in [0.25, 0.3) is 0 Å². The molecule has 1 aromatic rings. The number of piperidine rings is 1. The summed E-state index contributed by atoms with van der Waals surface area (Å²) in [6.07, 6.45) is 2.33. The minimum atomic E-state index is -0.889. The lowest BCUT2D eigenvalue weighted by Gasteiger charge is -2.32. The highest BCUT2D eigenvalue weighted by Gasteiger charge is 2.29. The molecule has 2 rings (SSSR count). The largest absolute Gasteiger partial charge is 0.480 e. The van der Waals surface area contributed by atoms with Gasteiger partial charge in [0.15, 0.2) is 0 Å². The molecule has 1 aliphatic heterocycles. The predicted molar refractivity (Wildman–Crippen MR) is 76.6 cm³/mol. The maximum Gasteiger partial charge on any atom is 0.320 e. The van der Waals surface area contributed by atoms with Gasteiger partial charge in [0.1, 0.15) is 12.1 Å². The van der Waals surface area contributed by atoms with E-state index in [-0.39, 0.29) is 12.5 Å². The summed E-state index contributed by atoms with van der Waals surface area (Å²) in [6.45, 7) is 0.626. The van der Waals surface area contributed by atoms with Crippen molar-refractivity contribution in [1.29, 1.82) is 5.26 Å². The summed E-state index contributed by atoms with van der Waals surface area (Å²) >= 11 is 0. The van der Waals surface area contributed by atoms with Crippen LogP contribution in [0, 0.1) is 11.3 Å². The number of hydrogen-bond acceptors (Lipinski definition) is 4. The first-order valence-electron chi connectivity index (χ1n) is 6.87. The summed E-state index contributed by atoms with van der Waals surface area (Å²) in [5.41, 5.74) is 0.841. The van der Waals surface area contributed by atoms with Crippen LogP contribution in [0.15, 0.2) is 24.3 Å². The minimum absolute atomic E-state index is 0.0245. The van der Waals surface area contributed by atoms with E-state index in [1.807, 2.05) is 6.07 Å². The monoisotopic (exact) mass is 287 g/mol. The number of amides is 1. The second-order valence-corrected chi connectivity index (χ2v) is 5.03. The van der Waals surface area contributed by atoms with Gasteiger partial charge in [0, 0.05) is 0 Å². The Bertz CT molecular complexity index is 580. The van der Waals surface area contributed by atoms with E-state index in [1.54, 1.807) is 29.2 Å². The number of nitrogens with zero attached hydrogens (tertiary/aromatic N) is 2. The average molecular weight is 287 g/mol. The first kappa shape index (κ1) is 15.0. The van der Waals surface area contributed by atoms with Crippen molar-refractivity contribution in [2.75, 3.05) is 18.4 Å². The Kier molecular flexibility index (Phi) is 4.90. The number of aliphatic carboxylic acids is 1. The highest BCUT2D eigenvalue weighted by Crippen LogP contribution is 2.18. The van der Waals surface area contributed by atoms with Crippen molar-refractivity contribution in [3.63, 3.8) is 0 Å². The van der Waals surface area contributed by atoms with Gasteiger partial charge in [-0.25, -0.2) is 0 Å². The molecule has 0 spiro atoms. The summed E-state index contributed by atoms with van der Waals surface area (Å²) in [5, 5.41) is 20.8. The quantitative estimate of drug-likeness (QED) is 0.874. The molecule has 6 nitrogen and oxygen atoms in total. The molecule has 110 valence electrons. The zero-order chi connectivity index (χ0) is 15.2. The van der Waals surface area contributed by atoms with Crippen LogP contribution < -0.4 is 5.32 Å². The normalized spacial score (nSPS) is 18.7. The number of benzene rings is 1. The van der Waals surface area contributed by atoms with Crippen LogP contribution in [0.2, 0.25) is 0 Å². The second-order valence-electron chi connectivity index (χ2n) is 5.03. The Morgan fingerprint density at radius 2 is 2.14 bits per heavy atom. The third-order valence-electron chi connectivity index (χ3n) is 3.57. The standard InChI is InChI=1S/C15H17N3O3/c16-9-11-5-1-2-6-12(11)17-14(19)10-18-8-4-3-7-13(18)15(20)21/h1-2,5-6,13H,3-4,7-8,10H2,(H,17,19)(H,20,21). The summed E-state index contributed by atoms with van der Waals surface area (Å²) in [6, 6.07) is 8.14. The van der Waals surface area contributed by atoms with E-state index < -0.39 is 12.0 Å². The molecule has 1 heterocycles. The van der Waals surface area contributed by atoms with E-state index in [0.29, 0.717) is 24.2 Å². The van der Waals surface area contributed by atoms with E-state index in [4.69, 9.17) is 5.26 Å². The molecule has 2 N–H and O–H groups in total. The molecule has 0 aliphatic carbocycles. The molecular formula is C15H17N3O3. The second kappa shape index (κ2) is 6.86. The molecule has 1 atom stereocenters. The summed E-state index contributed by atoms with van der Waals surface area (Å²) < 4.78 is 0. The van der Waals surface area contributed by atoms with Gasteiger partial charge >= 0.3 is 5.97 Å². The van der Waals surface area contributed by atoms with Gasteiger partial charge in [0.05, 0.1) is 17.8 Å². The van der Waals surface area contributed by atoms with E-state index in [9.17, 15) is 14.7 Å². The number of rotatable bonds is 4. The van der Waals surface area contributed by atoms with Crippen LogP contribution in [0.1, 0.15) is 24.8 Å². The smallest absolute Gasteiger partial charge is 0.320 e. The topological polar surface area (TPSA) is 93.4 Å². The van der Waals surface area contributed by atoms with Crippen LogP contribution in [0.5, 0.6) is 0 Å². The number of nitriles is 1. The SMILES string of the molecule is N#Cc1ccccc1NC(=O)CN1CCCCC1C(=O)O. The molecule has 0 saturated carbocycles. The molecule has 1 aliphatic rings. The van der Waals surface area contributed by atoms with Gasteiger partial charge in [-0.3, -0.25) is 14.5 Å². The van der Waals surface area contributed by atoms with Crippen LogP contribution in [0.4, 0.5) is 5.69 Å². The van der Waals surface area contributed by atoms with Gasteiger partial charge in [0.2, 0.25) is 5.91 Å². The molecule has 1 unspecified atom stereocenters. The number of hydrogen-bond donors (Lipinski definition) is 2. The lowest BCUT2D eigenvalue weighted by Crippen LogP contribution is -2.47. The van der Waals surface area contributed by atoms with E-state index in [2.05, 4.69) is 5.32 Å². The molecule has 0 aromatic heterocycles. The third-order valence-corrected chi connectivity index (χ3v) is 3.57. The lowest BCUT2D eigenvalue weighted by atomic mass is 10.0. The number of carbonyl (C=O) groups is 2. The van der Waals surface area contributed by atoms with E-state index in [1.165, 1.54) is 0 Å². The van der Waals surface area contributed by atoms with Crippen LogP contribution in [0.3, 0.4) is 0 Å². The summed E-state index contributed by atoms with van der Waals surface area (Å²) in [5.74, 6) is -1.19. The van der Waals surface area contributed by atoms with E-state index in [0.717, 1.165) is 12.8 Å². The van der Waals surface area contributed by atoms with Crippen molar-refractivity contribution in [3.05, 3.63) is 29.8 Å². The van der Waals surface area contributed by atoms with Gasteiger partial charge in [-0.05, 0) is 31.5 Å². The van der Waals surface area contributed by atoms with E-state index >= 15 is 0 Å². The van der Waals surface area contributed by atoms with Crippen molar-refractivity contribution < 1.29 is 14.7 Å². The summed E-state index contributed by atoms with van der Waals surface area (Å²) in [4.78, 5) is 24.9. The van der Waals surface area contributed by atoms with Crippen LogP contribution in [-0.4, -0.2) is 41.0 Å². The first-order chi connectivity index (χ1) is 10.1. The van der Waals surface area contributed by atoms with Crippen molar-refractivity contribution in [2.24, 2.45) is 0 Å². The van der Waals surface area contributed by atoms with Crippen LogP contribution in [-0.2, 0) is 9.59 Å². The molecule has 1 amide bonds. The first-order valence-corrected chi connectivity index (χ1v) is 6.87. The average Bonchev–Trinajstić information content (AvgIpc) is 2.48. The number of para-hydroxylation sites is 1. The van der Waals surface area contributed by atoms with Crippen molar-refractivity contribution in [3.8, 4) is 6.07 Å². The molecule has 6 heteroatoms. The maximum absolute atomic E-state index is 12.1. The van der Waals surface area contributed by atoms with Crippen molar-refractivity contribution in [2.45, 2.75) is 25.3 Å². The lowest BCUT2D eigenvalue weighted by molar-refractivity contribution is -0.145. The molecule has 1 saturated heterocycles. The zero-order valence-electron chi connectivity index (χ0n) is 11.6. The Labute approximate surface area is 123 Å². The Balaban J connectivity index is 2.01. The third kappa shape index (κ3) is 3.80. The van der Waals surface area contributed by atoms with Crippen molar-refractivity contribution >= 4 is 17.6 Å². The molecule has 1 fully saturated rings. The molecular weight excluding hydrogens is 270 g/mol. The molecule has 0 bridgehead atoms. The number of carboxylic acids is 1. The fourth-order valence-electron chi connectivity index (χ4n) is 2.52. The summed E-state index contributed by atoms with van der Waals surface area (Å²) in [7, 11) is 0. The highest BCUT2D eigenvalue weighted by molar-refractivity contribution is 5.93. The van der Waals surface area contributed by atoms with Crippen LogP contribution in [0.25, 0.3) is 0 Å². The minimum Gasteiger partial charge on any atom is -0.480 e. The zero-order valence-corrected chi connectivity index (χ0v) is 11.6. The maximum atomic E-state index is 12.1. The number of nitrogens with one attached hydrogen (secondary N) is 1. The van der Waals surface area contributed by atoms with Gasteiger partial charge in [-0.1, -0.05) is 18.6 Å². The number of likely N-dealkylation sites (tertiary alicyclic amines) is 1. The van der Waals surface area contributed by atoms with Gasteiger partial charge < -0.3 is 10.4 Å². The number of carboxylic acid groups (broad SMARTS) is 1. The highest BCUT2D eigenvalue weighted by atomic mass is 16.4.